The van der Waals surface area contributed by atoms with Gasteiger partial charge in [0.25, 0.3) is 0 Å². The predicted octanol–water partition coefficient (Wildman–Crippen LogP) is 3.38. The van der Waals surface area contributed by atoms with E-state index in [0.717, 1.165) is 11.3 Å². The molecule has 0 saturated carbocycles. The maximum atomic E-state index is 12.1. The lowest BCUT2D eigenvalue weighted by molar-refractivity contribution is 0.0983. The van der Waals surface area contributed by atoms with E-state index < -0.39 is 0 Å². The molecular weight excluding hydrogens is 250 g/mol. The van der Waals surface area contributed by atoms with Crippen molar-refractivity contribution in [1.29, 1.82) is 5.26 Å². The lowest BCUT2D eigenvalue weighted by Gasteiger charge is -2.04. The average Bonchev–Trinajstić information content (AvgIpc) is 2.53. The minimum Gasteiger partial charge on any atom is -0.497 e. The van der Waals surface area contributed by atoms with Crippen LogP contribution in [-0.4, -0.2) is 12.9 Å². The summed E-state index contributed by atoms with van der Waals surface area (Å²) in [6.07, 6.45) is 1.07. The molecule has 0 aliphatic rings. The quantitative estimate of drug-likeness (QED) is 0.779. The highest BCUT2D eigenvalue weighted by molar-refractivity contribution is 5.96. The van der Waals surface area contributed by atoms with E-state index in [1.165, 1.54) is 0 Å². The van der Waals surface area contributed by atoms with Gasteiger partial charge in [0.05, 0.1) is 18.7 Å². The summed E-state index contributed by atoms with van der Waals surface area (Å²) in [7, 11) is 1.60. The van der Waals surface area contributed by atoms with E-state index in [2.05, 4.69) is 6.07 Å². The summed E-state index contributed by atoms with van der Waals surface area (Å²) in [6, 6.07) is 16.6. The molecule has 0 aliphatic heterocycles. The molecule has 0 fully saturated rings. The summed E-state index contributed by atoms with van der Waals surface area (Å²) in [5.74, 6) is 0.832. The van der Waals surface area contributed by atoms with Crippen LogP contribution in [0, 0.1) is 11.3 Å². The van der Waals surface area contributed by atoms with Gasteiger partial charge in [0.2, 0.25) is 0 Å². The topological polar surface area (TPSA) is 50.1 Å². The monoisotopic (exact) mass is 265 g/mol. The molecule has 2 aromatic carbocycles. The number of hydrogen-bond acceptors (Lipinski definition) is 3. The van der Waals surface area contributed by atoms with Crippen molar-refractivity contribution in [1.82, 2.24) is 0 Å². The van der Waals surface area contributed by atoms with Crippen molar-refractivity contribution >= 4 is 5.78 Å². The maximum Gasteiger partial charge on any atom is 0.163 e. The number of carbonyl (C=O) groups is 1. The molecule has 100 valence electrons. The van der Waals surface area contributed by atoms with Gasteiger partial charge in [-0.2, -0.15) is 5.26 Å². The van der Waals surface area contributed by atoms with Gasteiger partial charge < -0.3 is 4.74 Å². The van der Waals surface area contributed by atoms with Gasteiger partial charge >= 0.3 is 0 Å². The van der Waals surface area contributed by atoms with Crippen LogP contribution in [0.4, 0.5) is 0 Å². The van der Waals surface area contributed by atoms with E-state index in [1.807, 2.05) is 18.2 Å². The Morgan fingerprint density at radius 2 is 1.95 bits per heavy atom. The molecule has 0 aliphatic carbocycles. The first-order valence-electron chi connectivity index (χ1n) is 6.39. The van der Waals surface area contributed by atoms with Crippen molar-refractivity contribution in [2.75, 3.05) is 7.11 Å². The number of carbonyl (C=O) groups excluding carboxylic acids is 1. The highest BCUT2D eigenvalue weighted by atomic mass is 16.5. The van der Waals surface area contributed by atoms with Crippen LogP contribution in [-0.2, 0) is 6.42 Å². The second-order valence-electron chi connectivity index (χ2n) is 4.46. The lowest BCUT2D eigenvalue weighted by Crippen LogP contribution is -2.01. The molecule has 2 aromatic rings. The molecule has 3 nitrogen and oxygen atoms in total. The van der Waals surface area contributed by atoms with Crippen molar-refractivity contribution in [3.8, 4) is 11.8 Å². The molecule has 0 bridgehead atoms. The Kier molecular flexibility index (Phi) is 4.52. The van der Waals surface area contributed by atoms with Crippen LogP contribution in [0.2, 0.25) is 0 Å². The van der Waals surface area contributed by atoms with Gasteiger partial charge in [0, 0.05) is 12.0 Å². The highest BCUT2D eigenvalue weighted by Crippen LogP contribution is 2.14. The van der Waals surface area contributed by atoms with Crippen molar-refractivity contribution in [2.24, 2.45) is 0 Å². The fourth-order valence-corrected chi connectivity index (χ4v) is 1.98. The molecule has 0 atom stereocenters. The van der Waals surface area contributed by atoms with Gasteiger partial charge in [-0.15, -0.1) is 0 Å². The number of nitriles is 1. The smallest absolute Gasteiger partial charge is 0.163 e. The van der Waals surface area contributed by atoms with Gasteiger partial charge in [-0.3, -0.25) is 4.79 Å². The van der Waals surface area contributed by atoms with Crippen molar-refractivity contribution in [2.45, 2.75) is 12.8 Å². The maximum absolute atomic E-state index is 12.1. The largest absolute Gasteiger partial charge is 0.497 e. The molecule has 3 heteroatoms. The van der Waals surface area contributed by atoms with Crippen molar-refractivity contribution in [3.63, 3.8) is 0 Å². The van der Waals surface area contributed by atoms with E-state index >= 15 is 0 Å². The minimum absolute atomic E-state index is 0.0926. The van der Waals surface area contributed by atoms with Crippen molar-refractivity contribution < 1.29 is 9.53 Å². The Bertz CT molecular complexity index is 639. The summed E-state index contributed by atoms with van der Waals surface area (Å²) >= 11 is 0. The normalized spacial score (nSPS) is 9.80. The van der Waals surface area contributed by atoms with E-state index in [0.29, 0.717) is 24.0 Å². The first kappa shape index (κ1) is 13.8. The van der Waals surface area contributed by atoms with Crippen LogP contribution in [0.3, 0.4) is 0 Å². The number of Topliss-reactive ketones (excluding diaryl/α,β-unsaturated/α-hetero) is 1. The van der Waals surface area contributed by atoms with Crippen LogP contribution in [0.15, 0.2) is 48.5 Å². The molecule has 0 N–H and O–H groups in total. The molecule has 0 heterocycles. The minimum atomic E-state index is 0.0926. The summed E-state index contributed by atoms with van der Waals surface area (Å²) in [4.78, 5) is 12.1. The number of hydrogen-bond donors (Lipinski definition) is 0. The zero-order valence-corrected chi connectivity index (χ0v) is 11.3. The van der Waals surface area contributed by atoms with Gasteiger partial charge in [-0.1, -0.05) is 12.1 Å². The first-order valence-corrected chi connectivity index (χ1v) is 6.39. The number of ketones is 1. The third-order valence-electron chi connectivity index (χ3n) is 3.11. The summed E-state index contributed by atoms with van der Waals surface area (Å²) < 4.78 is 5.06. The number of methoxy groups -OCH3 is 1. The fraction of sp³-hybridized carbons (Fsp3) is 0.176. The number of aryl methyl sites for hydroxylation is 1. The second kappa shape index (κ2) is 6.53. The molecule has 0 saturated heterocycles. The summed E-state index contributed by atoms with van der Waals surface area (Å²) in [5.41, 5.74) is 2.31. The van der Waals surface area contributed by atoms with Gasteiger partial charge in [-0.25, -0.2) is 0 Å². The Morgan fingerprint density at radius 3 is 2.60 bits per heavy atom. The number of rotatable bonds is 5. The number of nitrogens with zero attached hydrogens (tertiary/aromatic N) is 1. The van der Waals surface area contributed by atoms with Crippen LogP contribution in [0.25, 0.3) is 0 Å². The SMILES string of the molecule is COc1ccc(C(=O)CCc2cccc(C#N)c2)cc1. The van der Waals surface area contributed by atoms with Gasteiger partial charge in [-0.05, 0) is 48.4 Å². The zero-order valence-electron chi connectivity index (χ0n) is 11.3. The van der Waals surface area contributed by atoms with Gasteiger partial charge in [0.1, 0.15) is 5.75 Å². The molecule has 0 amide bonds. The number of ether oxygens (including phenoxy) is 1. The summed E-state index contributed by atoms with van der Waals surface area (Å²) in [5, 5.41) is 8.84. The molecular formula is C17H15NO2. The third-order valence-corrected chi connectivity index (χ3v) is 3.11. The fourth-order valence-electron chi connectivity index (χ4n) is 1.98. The van der Waals surface area contributed by atoms with E-state index in [1.54, 1.807) is 37.4 Å². The highest BCUT2D eigenvalue weighted by Gasteiger charge is 2.06. The number of benzene rings is 2. The van der Waals surface area contributed by atoms with Crippen molar-refractivity contribution in [3.05, 3.63) is 65.2 Å². The predicted molar refractivity (Wildman–Crippen MR) is 76.8 cm³/mol. The summed E-state index contributed by atoms with van der Waals surface area (Å²) in [6.45, 7) is 0. The Labute approximate surface area is 118 Å². The van der Waals surface area contributed by atoms with Crippen LogP contribution in [0.1, 0.15) is 27.9 Å². The first-order chi connectivity index (χ1) is 9.72. The standard InChI is InChI=1S/C17H15NO2/c1-20-16-8-6-15(7-9-16)17(19)10-5-13-3-2-4-14(11-13)12-18/h2-4,6-9,11H,5,10H2,1H3. The van der Waals surface area contributed by atoms with Gasteiger partial charge in [0.15, 0.2) is 5.78 Å². The second-order valence-corrected chi connectivity index (χ2v) is 4.46. The third kappa shape index (κ3) is 3.46. The molecule has 0 unspecified atom stereocenters. The van der Waals surface area contributed by atoms with E-state index in [-0.39, 0.29) is 5.78 Å². The Balaban J connectivity index is 1.99. The lowest BCUT2D eigenvalue weighted by atomic mass is 10.0. The molecule has 0 aromatic heterocycles. The van der Waals surface area contributed by atoms with Crippen LogP contribution >= 0.6 is 0 Å². The zero-order chi connectivity index (χ0) is 14.4. The molecule has 2 rings (SSSR count). The molecule has 0 radical (unpaired) electrons. The Hall–Kier alpha value is -2.60. The Morgan fingerprint density at radius 1 is 1.20 bits per heavy atom. The average molecular weight is 265 g/mol. The molecule has 0 spiro atoms. The molecule has 20 heavy (non-hydrogen) atoms. The van der Waals surface area contributed by atoms with Crippen LogP contribution < -0.4 is 4.74 Å². The van der Waals surface area contributed by atoms with E-state index in [4.69, 9.17) is 10.00 Å². The van der Waals surface area contributed by atoms with Crippen LogP contribution in [0.5, 0.6) is 5.75 Å². The van der Waals surface area contributed by atoms with E-state index in [9.17, 15) is 4.79 Å².